The van der Waals surface area contributed by atoms with Crippen LogP contribution in [-0.4, -0.2) is 66.6 Å². The minimum absolute atomic E-state index is 0.00671. The first kappa shape index (κ1) is 28.8. The van der Waals surface area contributed by atoms with Crippen LogP contribution >= 0.6 is 0 Å². The number of anilines is 1. The monoisotopic (exact) mass is 575 g/mol. The van der Waals surface area contributed by atoms with Crippen molar-refractivity contribution in [1.29, 1.82) is 0 Å². The Labute approximate surface area is 241 Å². The van der Waals surface area contributed by atoms with Crippen molar-refractivity contribution in [3.05, 3.63) is 76.8 Å². The van der Waals surface area contributed by atoms with E-state index in [4.69, 9.17) is 0 Å². The Morgan fingerprint density at radius 3 is 2.21 bits per heavy atom. The molecule has 0 spiro atoms. The van der Waals surface area contributed by atoms with E-state index in [1.165, 1.54) is 29.1 Å². The van der Waals surface area contributed by atoms with E-state index in [0.29, 0.717) is 43.3 Å². The molecule has 4 aromatic rings. The number of carbonyl (C=O) groups is 1. The first-order valence-electron chi connectivity index (χ1n) is 13.7. The van der Waals surface area contributed by atoms with Gasteiger partial charge in [0.25, 0.3) is 0 Å². The number of aromatic nitrogens is 5. The third-order valence-corrected chi connectivity index (χ3v) is 7.29. The molecule has 10 nitrogen and oxygen atoms in total. The Hall–Kier alpha value is -4.74. The standard InChI is InChI=1S/C30H31F2N7O3/c1-6-22(41)37-10-12-38(13-11-37)28-18-14-20(32)26(23-19(31)8-7-9-21(23)40)35-29(18)39(30(42)36-28)27-24(16(2)3)33-15-34-25(27)17(4)5/h6-9,14-17,40H,1,10-13H2,2-5H3. The third-order valence-electron chi connectivity index (χ3n) is 7.29. The average molecular weight is 576 g/mol. The van der Waals surface area contributed by atoms with Crippen molar-refractivity contribution in [3.8, 4) is 22.7 Å². The van der Waals surface area contributed by atoms with Gasteiger partial charge in [-0.05, 0) is 36.1 Å². The largest absolute Gasteiger partial charge is 0.507 e. The third kappa shape index (κ3) is 4.97. The summed E-state index contributed by atoms with van der Waals surface area (Å²) in [5, 5.41) is 10.7. The van der Waals surface area contributed by atoms with Gasteiger partial charge in [0.15, 0.2) is 11.5 Å². The second kappa shape index (κ2) is 11.3. The van der Waals surface area contributed by atoms with Crippen LogP contribution in [0.1, 0.15) is 50.9 Å². The minimum Gasteiger partial charge on any atom is -0.507 e. The molecule has 1 aliphatic rings. The summed E-state index contributed by atoms with van der Waals surface area (Å²) in [6.45, 7) is 12.6. The van der Waals surface area contributed by atoms with Crippen LogP contribution in [0, 0.1) is 11.6 Å². The Balaban J connectivity index is 1.84. The summed E-state index contributed by atoms with van der Waals surface area (Å²) < 4.78 is 32.0. The molecule has 218 valence electrons. The molecule has 1 N–H and O–H groups in total. The molecule has 12 heteroatoms. The summed E-state index contributed by atoms with van der Waals surface area (Å²) >= 11 is 0. The number of pyridine rings is 1. The molecular weight excluding hydrogens is 544 g/mol. The van der Waals surface area contributed by atoms with Crippen LogP contribution in [0.15, 0.2) is 48.0 Å². The fourth-order valence-electron chi connectivity index (χ4n) is 5.22. The molecule has 4 heterocycles. The van der Waals surface area contributed by atoms with Crippen molar-refractivity contribution in [1.82, 2.24) is 29.4 Å². The first-order chi connectivity index (χ1) is 20.0. The lowest BCUT2D eigenvalue weighted by molar-refractivity contribution is -0.126. The van der Waals surface area contributed by atoms with Gasteiger partial charge in [0.1, 0.15) is 29.4 Å². The fraction of sp³-hybridized carbons (Fsp3) is 0.333. The second-order valence-corrected chi connectivity index (χ2v) is 10.7. The highest BCUT2D eigenvalue weighted by Gasteiger charge is 2.29. The van der Waals surface area contributed by atoms with Crippen LogP contribution in [0.2, 0.25) is 0 Å². The van der Waals surface area contributed by atoms with E-state index < -0.39 is 34.3 Å². The Morgan fingerprint density at radius 1 is 1.00 bits per heavy atom. The number of benzene rings is 1. The van der Waals surface area contributed by atoms with Gasteiger partial charge in [-0.3, -0.25) is 4.79 Å². The van der Waals surface area contributed by atoms with Crippen molar-refractivity contribution < 1.29 is 18.7 Å². The molecule has 0 unspecified atom stereocenters. The van der Waals surface area contributed by atoms with Gasteiger partial charge in [0.2, 0.25) is 5.91 Å². The number of halogens is 2. The molecule has 0 atom stereocenters. The fourth-order valence-corrected chi connectivity index (χ4v) is 5.22. The summed E-state index contributed by atoms with van der Waals surface area (Å²) in [5.74, 6) is -2.57. The number of hydrogen-bond donors (Lipinski definition) is 1. The zero-order valence-electron chi connectivity index (χ0n) is 23.8. The molecule has 1 saturated heterocycles. The van der Waals surface area contributed by atoms with Crippen molar-refractivity contribution in [3.63, 3.8) is 0 Å². The average Bonchev–Trinajstić information content (AvgIpc) is 2.96. The van der Waals surface area contributed by atoms with Crippen molar-refractivity contribution >= 4 is 22.8 Å². The summed E-state index contributed by atoms with van der Waals surface area (Å²) in [5.41, 5.74) is -0.0899. The number of phenolic OH excluding ortho intramolecular Hbond substituents is 1. The van der Waals surface area contributed by atoms with Gasteiger partial charge in [-0.1, -0.05) is 40.3 Å². The molecule has 1 aliphatic heterocycles. The highest BCUT2D eigenvalue weighted by molar-refractivity contribution is 5.91. The van der Waals surface area contributed by atoms with E-state index in [1.54, 1.807) is 9.80 Å². The number of amides is 1. The van der Waals surface area contributed by atoms with Gasteiger partial charge in [0.05, 0.1) is 28.0 Å². The normalized spacial score (nSPS) is 13.8. The number of carbonyl (C=O) groups excluding carboxylic acids is 1. The molecular formula is C30H31F2N7O3. The number of fused-ring (bicyclic) bond motifs is 1. The summed E-state index contributed by atoms with van der Waals surface area (Å²) in [7, 11) is 0. The highest BCUT2D eigenvalue weighted by Crippen LogP contribution is 2.36. The maximum absolute atomic E-state index is 15.8. The van der Waals surface area contributed by atoms with Crippen LogP contribution in [0.3, 0.4) is 0 Å². The SMILES string of the molecule is C=CC(=O)N1CCN(c2nc(=O)n(-c3c(C(C)C)ncnc3C(C)C)c3nc(-c4c(O)cccc4F)c(F)cc23)CC1. The van der Waals surface area contributed by atoms with Gasteiger partial charge >= 0.3 is 5.69 Å². The van der Waals surface area contributed by atoms with Crippen LogP contribution in [-0.2, 0) is 4.79 Å². The smallest absolute Gasteiger partial charge is 0.355 e. The van der Waals surface area contributed by atoms with Crippen LogP contribution < -0.4 is 10.6 Å². The van der Waals surface area contributed by atoms with Crippen molar-refractivity contribution in [2.75, 3.05) is 31.1 Å². The maximum atomic E-state index is 15.8. The van der Waals surface area contributed by atoms with E-state index in [9.17, 15) is 19.1 Å². The molecule has 0 saturated carbocycles. The quantitative estimate of drug-likeness (QED) is 0.338. The number of rotatable bonds is 6. The molecule has 42 heavy (non-hydrogen) atoms. The first-order valence-corrected chi connectivity index (χ1v) is 13.7. The second-order valence-electron chi connectivity index (χ2n) is 10.7. The van der Waals surface area contributed by atoms with E-state index >= 15 is 4.39 Å². The highest BCUT2D eigenvalue weighted by atomic mass is 19.1. The molecule has 0 aliphatic carbocycles. The van der Waals surface area contributed by atoms with Crippen molar-refractivity contribution in [2.24, 2.45) is 0 Å². The molecule has 1 fully saturated rings. The number of nitrogens with zero attached hydrogens (tertiary/aromatic N) is 7. The van der Waals surface area contributed by atoms with Gasteiger partial charge in [0, 0.05) is 26.2 Å². The number of phenols is 1. The lowest BCUT2D eigenvalue weighted by atomic mass is 10.0. The summed E-state index contributed by atoms with van der Waals surface area (Å²) in [6, 6.07) is 4.77. The lowest BCUT2D eigenvalue weighted by Gasteiger charge is -2.35. The Morgan fingerprint density at radius 2 is 1.64 bits per heavy atom. The number of aromatic hydroxyl groups is 1. The van der Waals surface area contributed by atoms with E-state index in [1.807, 2.05) is 27.7 Å². The molecule has 0 radical (unpaired) electrons. The van der Waals surface area contributed by atoms with Gasteiger partial charge < -0.3 is 14.9 Å². The maximum Gasteiger partial charge on any atom is 0.355 e. The predicted octanol–water partition coefficient (Wildman–Crippen LogP) is 4.30. The van der Waals surface area contributed by atoms with Gasteiger partial charge in [-0.15, -0.1) is 0 Å². The summed E-state index contributed by atoms with van der Waals surface area (Å²) in [6.07, 6.45) is 2.67. The summed E-state index contributed by atoms with van der Waals surface area (Å²) in [4.78, 5) is 47.3. The van der Waals surface area contributed by atoms with E-state index in [2.05, 4.69) is 26.5 Å². The number of hydrogen-bond acceptors (Lipinski definition) is 8. The van der Waals surface area contributed by atoms with E-state index in [0.717, 1.165) is 12.1 Å². The minimum atomic E-state index is -0.908. The molecule has 1 aromatic carbocycles. The topological polar surface area (TPSA) is 117 Å². The Bertz CT molecular complexity index is 1720. The van der Waals surface area contributed by atoms with Crippen LogP contribution in [0.4, 0.5) is 14.6 Å². The molecule has 3 aromatic heterocycles. The predicted molar refractivity (Wildman–Crippen MR) is 155 cm³/mol. The molecule has 5 rings (SSSR count). The van der Waals surface area contributed by atoms with Crippen LogP contribution in [0.25, 0.3) is 28.0 Å². The zero-order valence-corrected chi connectivity index (χ0v) is 23.8. The number of piperazine rings is 1. The Kier molecular flexibility index (Phi) is 7.72. The molecule has 1 amide bonds. The zero-order chi connectivity index (χ0) is 30.3. The van der Waals surface area contributed by atoms with Gasteiger partial charge in [-0.2, -0.15) is 4.98 Å². The van der Waals surface area contributed by atoms with Crippen LogP contribution in [0.5, 0.6) is 5.75 Å². The molecule has 0 bridgehead atoms. The van der Waals surface area contributed by atoms with Gasteiger partial charge in [-0.25, -0.2) is 33.1 Å². The van der Waals surface area contributed by atoms with Crippen molar-refractivity contribution in [2.45, 2.75) is 39.5 Å². The van der Waals surface area contributed by atoms with E-state index in [-0.39, 0.29) is 34.6 Å². The lowest BCUT2D eigenvalue weighted by Crippen LogP contribution is -2.49.